The first kappa shape index (κ1) is 42.4. The molecule has 0 heterocycles. The van der Waals surface area contributed by atoms with Gasteiger partial charge in [-0.25, -0.2) is 0 Å². The van der Waals surface area contributed by atoms with Gasteiger partial charge in [-0.05, 0) is 24.0 Å². The molecule has 4 aromatic rings. The van der Waals surface area contributed by atoms with E-state index in [2.05, 4.69) is 121 Å². The van der Waals surface area contributed by atoms with Gasteiger partial charge in [-0.1, -0.05) is 60.7 Å². The van der Waals surface area contributed by atoms with E-state index in [4.69, 9.17) is 0 Å². The summed E-state index contributed by atoms with van der Waals surface area (Å²) in [5.41, 5.74) is 13.7. The van der Waals surface area contributed by atoms with Crippen LogP contribution in [0.25, 0.3) is 12.2 Å². The van der Waals surface area contributed by atoms with E-state index in [1.54, 1.807) is 22.3 Å². The summed E-state index contributed by atoms with van der Waals surface area (Å²) in [5, 5.41) is 4.08. The molecule has 4 aromatic carbocycles. The average Bonchev–Trinajstić information content (AvgIpc) is 3.86. The smallest absolute Gasteiger partial charge is 0.0238 e. The van der Waals surface area contributed by atoms with E-state index in [0.29, 0.717) is 0 Å². The third-order valence-corrected chi connectivity index (χ3v) is 30.8. The maximum absolute atomic E-state index is 2.84. The minimum atomic E-state index is -1.21. The van der Waals surface area contributed by atoms with Crippen LogP contribution in [0.4, 0.5) is 0 Å². The van der Waals surface area contributed by atoms with Crippen molar-refractivity contribution < 1.29 is 22.9 Å². The Hall–Kier alpha value is -1.91. The van der Waals surface area contributed by atoms with E-state index in [1.165, 1.54) is 140 Å². The summed E-state index contributed by atoms with van der Waals surface area (Å²) in [6.07, 6.45) is 38.1. The van der Waals surface area contributed by atoms with Crippen LogP contribution < -0.4 is 0 Å². The maximum Gasteiger partial charge on any atom is -0.0238 e. The summed E-state index contributed by atoms with van der Waals surface area (Å²) in [6.45, 7) is 0. The fraction of sp³-hybridized carbons (Fsp3) is 0.500. The van der Waals surface area contributed by atoms with Crippen molar-refractivity contribution in [3.05, 3.63) is 153 Å². The van der Waals surface area contributed by atoms with Gasteiger partial charge in [0.1, 0.15) is 0 Å². The van der Waals surface area contributed by atoms with Crippen LogP contribution in [0.15, 0.2) is 120 Å². The Morgan fingerprint density at radius 2 is 0.661 bits per heavy atom. The van der Waals surface area contributed by atoms with Crippen LogP contribution in [0.5, 0.6) is 0 Å². The van der Waals surface area contributed by atoms with Crippen molar-refractivity contribution in [1.82, 2.24) is 0 Å². The van der Waals surface area contributed by atoms with E-state index in [1.807, 2.05) is 10.6 Å². The van der Waals surface area contributed by atoms with E-state index in [9.17, 15) is 0 Å². The second-order valence-corrected chi connectivity index (χ2v) is 29.8. The summed E-state index contributed by atoms with van der Waals surface area (Å²) in [7, 11) is -0.0592. The van der Waals surface area contributed by atoms with Crippen molar-refractivity contribution in [3.8, 4) is 0 Å². The summed E-state index contributed by atoms with van der Waals surface area (Å²) in [6, 6.07) is 40.9. The molecule has 308 valence electrons. The number of aryl methyl sites for hydroxylation is 2. The van der Waals surface area contributed by atoms with Gasteiger partial charge < -0.3 is 0 Å². The van der Waals surface area contributed by atoms with Crippen molar-refractivity contribution in [1.29, 1.82) is 0 Å². The predicted molar refractivity (Wildman–Crippen MR) is 256 cm³/mol. The van der Waals surface area contributed by atoms with Crippen LogP contribution >= 0.6 is 15.8 Å². The average molecular weight is 984 g/mol. The Balaban J connectivity index is 0.000000271. The molecule has 0 saturated heterocycles. The van der Waals surface area contributed by atoms with Gasteiger partial charge in [0.25, 0.3) is 0 Å². The van der Waals surface area contributed by atoms with Crippen molar-refractivity contribution in [2.45, 2.75) is 171 Å². The molecule has 4 saturated carbocycles. The molecular formula is C56H70HfP2. The number of rotatable bonds is 11. The summed E-state index contributed by atoms with van der Waals surface area (Å²) in [5.74, 6) is 0. The van der Waals surface area contributed by atoms with Crippen molar-refractivity contribution in [2.24, 2.45) is 0 Å². The minimum absolute atomic E-state index is 0.0296. The van der Waals surface area contributed by atoms with Crippen LogP contribution in [0.1, 0.15) is 169 Å². The predicted octanol–water partition coefficient (Wildman–Crippen LogP) is 17.0. The molecule has 0 N–H and O–H groups in total. The number of hydrogen-bond donors (Lipinski definition) is 0. The third kappa shape index (κ3) is 10.5. The largest absolute Gasteiger partial charge is 0.0622 e. The zero-order chi connectivity index (χ0) is 39.6. The van der Waals surface area contributed by atoms with E-state index in [0.717, 1.165) is 42.8 Å². The van der Waals surface area contributed by atoms with E-state index in [-0.39, 0.29) is 15.8 Å². The van der Waals surface area contributed by atoms with Crippen molar-refractivity contribution >= 4 is 28.0 Å². The molecule has 3 heteroatoms. The van der Waals surface area contributed by atoms with Gasteiger partial charge in [-0.15, -0.1) is 0 Å². The van der Waals surface area contributed by atoms with Gasteiger partial charge in [-0.2, -0.15) is 0 Å². The van der Waals surface area contributed by atoms with E-state index >= 15 is 0 Å². The summed E-state index contributed by atoms with van der Waals surface area (Å²) < 4.78 is 1.65. The summed E-state index contributed by atoms with van der Waals surface area (Å²) in [4.78, 5) is 0. The SMILES string of the molecule is C1=C(P(C2CCCCC2)C2CCCCC2)[CH]([Hf][CH]2C(P(C3CCCCC3)C3CCCCC3)=Cc3ccccc32)c2ccccc21.c1ccc(CCc2ccccc2)cc1. The normalized spacial score (nSPS) is 22.9. The van der Waals surface area contributed by atoms with Gasteiger partial charge >= 0.3 is 291 Å². The maximum atomic E-state index is 2.84. The van der Waals surface area contributed by atoms with Gasteiger partial charge in [-0.3, -0.25) is 0 Å². The second kappa shape index (κ2) is 21.4. The Morgan fingerprint density at radius 1 is 0.356 bits per heavy atom. The van der Waals surface area contributed by atoms with Crippen molar-refractivity contribution in [3.63, 3.8) is 0 Å². The number of allylic oxidation sites excluding steroid dienone is 2. The third-order valence-electron chi connectivity index (χ3n) is 15.0. The first-order valence-electron chi connectivity index (χ1n) is 24.3. The molecule has 2 atom stereocenters. The molecular weight excluding hydrogens is 913 g/mol. The quantitative estimate of drug-likeness (QED) is 0.104. The van der Waals surface area contributed by atoms with Gasteiger partial charge in [0.15, 0.2) is 0 Å². The van der Waals surface area contributed by atoms with Gasteiger partial charge in [0.2, 0.25) is 0 Å². The first-order valence-corrected chi connectivity index (χ1v) is 31.4. The number of benzene rings is 4. The molecule has 6 aliphatic rings. The molecule has 6 aliphatic carbocycles. The standard InChI is InChI=1S/2C21H28P.C14H14.Hf/c2*1-3-11-19(12-4-1)22(20-13-5-2-6-14-20)21-15-17-9-7-8-10-18(17)16-21;1-3-7-13(8-4-1)11-12-14-9-5-2-6-10-14;/h2*7-10,15-16,19-20H,1-6,11-14H2;1-10H,11-12H2;. The second-order valence-electron chi connectivity index (χ2n) is 18.9. The molecule has 0 nitrogen and oxygen atoms in total. The number of fused-ring (bicyclic) bond motifs is 2. The number of hydrogen-bond acceptors (Lipinski definition) is 0. The van der Waals surface area contributed by atoms with Crippen LogP contribution in [-0.2, 0) is 35.7 Å². The Bertz CT molecular complexity index is 1780. The zero-order valence-electron chi connectivity index (χ0n) is 36.0. The molecule has 0 aliphatic heterocycles. The van der Waals surface area contributed by atoms with Crippen molar-refractivity contribution in [2.75, 3.05) is 0 Å². The van der Waals surface area contributed by atoms with Gasteiger partial charge in [0.05, 0.1) is 0 Å². The molecule has 0 amide bonds. The van der Waals surface area contributed by atoms with Crippen LogP contribution in [0, 0.1) is 0 Å². The van der Waals surface area contributed by atoms with Crippen LogP contribution in [0.2, 0.25) is 0 Å². The molecule has 4 fully saturated rings. The molecule has 59 heavy (non-hydrogen) atoms. The Morgan fingerprint density at radius 3 is 1.00 bits per heavy atom. The molecule has 2 unspecified atom stereocenters. The van der Waals surface area contributed by atoms with Crippen LogP contribution in [0.3, 0.4) is 0 Å². The Kier molecular flexibility index (Phi) is 15.4. The Labute approximate surface area is 372 Å². The minimum Gasteiger partial charge on any atom is -0.0622 e. The topological polar surface area (TPSA) is 0 Å². The van der Waals surface area contributed by atoms with E-state index < -0.39 is 22.9 Å². The molecule has 10 rings (SSSR count). The summed E-state index contributed by atoms with van der Waals surface area (Å²) >= 11 is -1.21. The first-order chi connectivity index (χ1) is 29.3. The zero-order valence-corrected chi connectivity index (χ0v) is 41.3. The van der Waals surface area contributed by atoms with Gasteiger partial charge in [0, 0.05) is 0 Å². The van der Waals surface area contributed by atoms with Crippen LogP contribution in [-0.4, -0.2) is 22.6 Å². The molecule has 0 aromatic heterocycles. The monoisotopic (exact) mass is 984 g/mol. The molecule has 0 spiro atoms. The fourth-order valence-electron chi connectivity index (χ4n) is 12.0. The molecule has 0 bridgehead atoms. The fourth-order valence-corrected chi connectivity index (χ4v) is 30.7. The molecule has 0 radical (unpaired) electrons.